The molecule has 1 N–H and O–H groups in total. The molecular weight excluding hydrogens is 228 g/mol. The van der Waals surface area contributed by atoms with Gasteiger partial charge in [0.1, 0.15) is 0 Å². The molecule has 1 unspecified atom stereocenters. The van der Waals surface area contributed by atoms with Crippen LogP contribution in [0.4, 0.5) is 0 Å². The summed E-state index contributed by atoms with van der Waals surface area (Å²) in [5.74, 6) is 0.307. The van der Waals surface area contributed by atoms with Crippen molar-refractivity contribution >= 4 is 10.0 Å². The summed E-state index contributed by atoms with van der Waals surface area (Å²) in [5.41, 5.74) is 0. The van der Waals surface area contributed by atoms with E-state index < -0.39 is 10.0 Å². The molecular formula is C10H22N2O3S. The van der Waals surface area contributed by atoms with Crippen LogP contribution >= 0.6 is 0 Å². The highest BCUT2D eigenvalue weighted by Gasteiger charge is 2.27. The Morgan fingerprint density at radius 2 is 2.25 bits per heavy atom. The Labute approximate surface area is 98.2 Å². The molecule has 0 aliphatic carbocycles. The molecule has 0 aromatic rings. The third-order valence-corrected chi connectivity index (χ3v) is 4.59. The summed E-state index contributed by atoms with van der Waals surface area (Å²) >= 11 is 0. The lowest BCUT2D eigenvalue weighted by Crippen LogP contribution is -2.38. The fraction of sp³-hybridized carbons (Fsp3) is 1.00. The Morgan fingerprint density at radius 3 is 2.81 bits per heavy atom. The quantitative estimate of drug-likeness (QED) is 0.693. The van der Waals surface area contributed by atoms with Crippen molar-refractivity contribution in [3.8, 4) is 0 Å². The fourth-order valence-electron chi connectivity index (χ4n) is 1.73. The van der Waals surface area contributed by atoms with Crippen molar-refractivity contribution in [2.24, 2.45) is 0 Å². The molecule has 1 saturated heterocycles. The van der Waals surface area contributed by atoms with Crippen LogP contribution in [0.2, 0.25) is 0 Å². The molecule has 1 rings (SSSR count). The lowest BCUT2D eigenvalue weighted by Gasteiger charge is -2.17. The van der Waals surface area contributed by atoms with Gasteiger partial charge in [0.15, 0.2) is 0 Å². The van der Waals surface area contributed by atoms with Crippen molar-refractivity contribution in [3.05, 3.63) is 0 Å². The molecule has 0 saturated carbocycles. The largest absolute Gasteiger partial charge is 0.380 e. The van der Waals surface area contributed by atoms with Crippen molar-refractivity contribution in [3.63, 3.8) is 0 Å². The lowest BCUT2D eigenvalue weighted by atomic mass is 10.3. The Balaban J connectivity index is 2.15. The average molecular weight is 250 g/mol. The summed E-state index contributed by atoms with van der Waals surface area (Å²) in [6, 6.07) is 0.269. The topological polar surface area (TPSA) is 58.6 Å². The number of rotatable bonds is 7. The number of nitrogens with one attached hydrogen (secondary N) is 1. The maximum absolute atomic E-state index is 11.5. The van der Waals surface area contributed by atoms with Gasteiger partial charge in [-0.05, 0) is 20.3 Å². The fourth-order valence-corrected chi connectivity index (χ4v) is 3.26. The second-order valence-electron chi connectivity index (χ2n) is 4.08. The van der Waals surface area contributed by atoms with Gasteiger partial charge in [0, 0.05) is 32.3 Å². The van der Waals surface area contributed by atoms with Gasteiger partial charge in [0.05, 0.1) is 12.4 Å². The van der Waals surface area contributed by atoms with Crippen LogP contribution in [0.25, 0.3) is 0 Å². The van der Waals surface area contributed by atoms with Crippen LogP contribution in [0.5, 0.6) is 0 Å². The van der Waals surface area contributed by atoms with E-state index in [9.17, 15) is 8.42 Å². The Kier molecular flexibility index (Phi) is 5.68. The molecule has 0 bridgehead atoms. The molecule has 6 heteroatoms. The zero-order valence-corrected chi connectivity index (χ0v) is 10.9. The highest BCUT2D eigenvalue weighted by molar-refractivity contribution is 7.89. The van der Waals surface area contributed by atoms with E-state index in [-0.39, 0.29) is 6.04 Å². The SMILES string of the molecule is CCOCC(C)NCCN1CCCS1(=O)=O. The first-order chi connectivity index (χ1) is 7.56. The summed E-state index contributed by atoms with van der Waals surface area (Å²) in [6.07, 6.45) is 0.761. The van der Waals surface area contributed by atoms with Gasteiger partial charge >= 0.3 is 0 Å². The van der Waals surface area contributed by atoms with Gasteiger partial charge in [0.25, 0.3) is 0 Å². The summed E-state index contributed by atoms with van der Waals surface area (Å²) in [5, 5.41) is 3.25. The molecule has 1 fully saturated rings. The summed E-state index contributed by atoms with van der Waals surface area (Å²) in [4.78, 5) is 0. The molecule has 1 heterocycles. The van der Waals surface area contributed by atoms with Gasteiger partial charge < -0.3 is 10.1 Å². The zero-order chi connectivity index (χ0) is 12.0. The van der Waals surface area contributed by atoms with Crippen molar-refractivity contribution in [1.29, 1.82) is 0 Å². The van der Waals surface area contributed by atoms with E-state index >= 15 is 0 Å². The van der Waals surface area contributed by atoms with Crippen molar-refractivity contribution < 1.29 is 13.2 Å². The first-order valence-electron chi connectivity index (χ1n) is 5.85. The normalized spacial score (nSPS) is 22.4. The van der Waals surface area contributed by atoms with E-state index in [1.165, 1.54) is 0 Å². The molecule has 5 nitrogen and oxygen atoms in total. The third-order valence-electron chi connectivity index (χ3n) is 2.63. The van der Waals surface area contributed by atoms with E-state index in [1.54, 1.807) is 4.31 Å². The minimum Gasteiger partial charge on any atom is -0.380 e. The van der Waals surface area contributed by atoms with Gasteiger partial charge in [0.2, 0.25) is 10.0 Å². The van der Waals surface area contributed by atoms with E-state index in [2.05, 4.69) is 5.32 Å². The van der Waals surface area contributed by atoms with Crippen molar-refractivity contribution in [1.82, 2.24) is 9.62 Å². The van der Waals surface area contributed by atoms with E-state index in [0.717, 1.165) is 6.42 Å². The monoisotopic (exact) mass is 250 g/mol. The van der Waals surface area contributed by atoms with Crippen LogP contribution in [0.3, 0.4) is 0 Å². The molecule has 96 valence electrons. The number of sulfonamides is 1. The first kappa shape index (κ1) is 13.9. The Hall–Kier alpha value is -0.170. The number of nitrogens with zero attached hydrogens (tertiary/aromatic N) is 1. The van der Waals surface area contributed by atoms with Crippen LogP contribution in [0.1, 0.15) is 20.3 Å². The van der Waals surface area contributed by atoms with Crippen LogP contribution in [-0.2, 0) is 14.8 Å². The summed E-state index contributed by atoms with van der Waals surface area (Å²) in [6.45, 7) is 7.31. The summed E-state index contributed by atoms with van der Waals surface area (Å²) in [7, 11) is -2.94. The molecule has 0 aromatic carbocycles. The zero-order valence-electron chi connectivity index (χ0n) is 10.1. The van der Waals surface area contributed by atoms with Crippen LogP contribution in [-0.4, -0.2) is 57.4 Å². The van der Waals surface area contributed by atoms with Gasteiger partial charge in [-0.3, -0.25) is 0 Å². The maximum atomic E-state index is 11.5. The predicted molar refractivity (Wildman–Crippen MR) is 63.9 cm³/mol. The molecule has 1 atom stereocenters. The second kappa shape index (κ2) is 6.54. The van der Waals surface area contributed by atoms with Gasteiger partial charge in [-0.25, -0.2) is 12.7 Å². The van der Waals surface area contributed by atoms with E-state index in [0.29, 0.717) is 38.6 Å². The molecule has 0 spiro atoms. The van der Waals surface area contributed by atoms with Crippen LogP contribution in [0, 0.1) is 0 Å². The number of hydrogen-bond donors (Lipinski definition) is 1. The standard InChI is InChI=1S/C10H22N2O3S/c1-3-15-9-10(2)11-5-7-12-6-4-8-16(12,13)14/h10-11H,3-9H2,1-2H3. The third kappa shape index (κ3) is 4.37. The molecule has 0 aromatic heterocycles. The molecule has 0 amide bonds. The Morgan fingerprint density at radius 1 is 1.50 bits per heavy atom. The highest BCUT2D eigenvalue weighted by atomic mass is 32.2. The van der Waals surface area contributed by atoms with Gasteiger partial charge in [-0.15, -0.1) is 0 Å². The maximum Gasteiger partial charge on any atom is 0.214 e. The van der Waals surface area contributed by atoms with Crippen molar-refractivity contribution in [2.75, 3.05) is 38.6 Å². The number of ether oxygens (including phenoxy) is 1. The van der Waals surface area contributed by atoms with Crippen LogP contribution in [0.15, 0.2) is 0 Å². The van der Waals surface area contributed by atoms with Crippen LogP contribution < -0.4 is 5.32 Å². The van der Waals surface area contributed by atoms with Gasteiger partial charge in [-0.1, -0.05) is 0 Å². The predicted octanol–water partition coefficient (Wildman–Crippen LogP) is 0.0365. The van der Waals surface area contributed by atoms with Crippen molar-refractivity contribution in [2.45, 2.75) is 26.3 Å². The smallest absolute Gasteiger partial charge is 0.214 e. The minimum atomic E-state index is -2.94. The molecule has 1 aliphatic heterocycles. The van der Waals surface area contributed by atoms with Gasteiger partial charge in [-0.2, -0.15) is 0 Å². The number of hydrogen-bond acceptors (Lipinski definition) is 4. The lowest BCUT2D eigenvalue weighted by molar-refractivity contribution is 0.127. The van der Waals surface area contributed by atoms with E-state index in [4.69, 9.17) is 4.74 Å². The molecule has 16 heavy (non-hydrogen) atoms. The minimum absolute atomic E-state index is 0.269. The Bertz CT molecular complexity index is 292. The highest BCUT2D eigenvalue weighted by Crippen LogP contribution is 2.11. The summed E-state index contributed by atoms with van der Waals surface area (Å²) < 4.78 is 29.8. The van der Waals surface area contributed by atoms with E-state index in [1.807, 2.05) is 13.8 Å². The first-order valence-corrected chi connectivity index (χ1v) is 7.46. The molecule has 0 radical (unpaired) electrons. The average Bonchev–Trinajstić information content (AvgIpc) is 2.55. The molecule has 1 aliphatic rings. The second-order valence-corrected chi connectivity index (χ2v) is 6.17.